The molecule has 6 heteroatoms. The van der Waals surface area contributed by atoms with Crippen LogP contribution in [-0.4, -0.2) is 43.2 Å². The molecule has 2 N–H and O–H groups in total. The van der Waals surface area contributed by atoms with Gasteiger partial charge >= 0.3 is 0 Å². The summed E-state index contributed by atoms with van der Waals surface area (Å²) in [6, 6.07) is 8.21. The quantitative estimate of drug-likeness (QED) is 0.937. The molecule has 112 valence electrons. The molecule has 2 aromatic rings. The average molecular weight is 304 g/mol. The van der Waals surface area contributed by atoms with Crippen molar-refractivity contribution in [3.05, 3.63) is 35.3 Å². The lowest BCUT2D eigenvalue weighted by molar-refractivity contribution is 0.251. The van der Waals surface area contributed by atoms with Crippen LogP contribution in [0.15, 0.2) is 30.5 Å². The number of anilines is 2. The number of aromatic nitrogens is 1. The van der Waals surface area contributed by atoms with Gasteiger partial charge in [0.1, 0.15) is 5.75 Å². The molecule has 0 aliphatic carbocycles. The summed E-state index contributed by atoms with van der Waals surface area (Å²) in [5.41, 5.74) is 6.86. The molecule has 0 atom stereocenters. The Hall–Kier alpha value is -1.79. The highest BCUT2D eigenvalue weighted by molar-refractivity contribution is 7.15. The lowest BCUT2D eigenvalue weighted by Gasteiger charge is -2.36. The zero-order valence-corrected chi connectivity index (χ0v) is 13.0. The summed E-state index contributed by atoms with van der Waals surface area (Å²) in [6.07, 6.45) is 1.88. The molecule has 0 saturated carbocycles. The summed E-state index contributed by atoms with van der Waals surface area (Å²) in [6.45, 7) is 5.03. The SMILES string of the molecule is COc1ccccc1N1CCN(Cc2cnc(N)s2)CC1. The minimum atomic E-state index is 0.651. The number of nitrogens with zero attached hydrogens (tertiary/aromatic N) is 3. The van der Waals surface area contributed by atoms with Crippen molar-refractivity contribution in [1.82, 2.24) is 9.88 Å². The number of nitrogen functional groups attached to an aromatic ring is 1. The third kappa shape index (κ3) is 3.28. The molecule has 1 saturated heterocycles. The van der Waals surface area contributed by atoms with Gasteiger partial charge in [-0.25, -0.2) is 4.98 Å². The molecule has 0 unspecified atom stereocenters. The van der Waals surface area contributed by atoms with Gasteiger partial charge in [0.25, 0.3) is 0 Å². The smallest absolute Gasteiger partial charge is 0.180 e. The van der Waals surface area contributed by atoms with Gasteiger partial charge in [0.05, 0.1) is 12.8 Å². The Balaban J connectivity index is 1.60. The van der Waals surface area contributed by atoms with Crippen molar-refractivity contribution in [1.29, 1.82) is 0 Å². The second kappa shape index (κ2) is 6.32. The zero-order chi connectivity index (χ0) is 14.7. The van der Waals surface area contributed by atoms with Crippen LogP contribution in [0.4, 0.5) is 10.8 Å². The number of benzene rings is 1. The molecular weight excluding hydrogens is 284 g/mol. The van der Waals surface area contributed by atoms with Crippen molar-refractivity contribution >= 4 is 22.2 Å². The Morgan fingerprint density at radius 2 is 2.00 bits per heavy atom. The van der Waals surface area contributed by atoms with E-state index in [1.807, 2.05) is 18.3 Å². The first kappa shape index (κ1) is 14.2. The highest BCUT2D eigenvalue weighted by Gasteiger charge is 2.19. The molecule has 0 radical (unpaired) electrons. The van der Waals surface area contributed by atoms with Gasteiger partial charge in [-0.15, -0.1) is 11.3 Å². The number of ether oxygens (including phenoxy) is 1. The first-order valence-corrected chi connectivity index (χ1v) is 7.88. The van der Waals surface area contributed by atoms with Crippen LogP contribution in [0.5, 0.6) is 5.75 Å². The topological polar surface area (TPSA) is 54.6 Å². The third-order valence-electron chi connectivity index (χ3n) is 3.75. The van der Waals surface area contributed by atoms with Crippen LogP contribution in [0.2, 0.25) is 0 Å². The Kier molecular flexibility index (Phi) is 4.26. The minimum Gasteiger partial charge on any atom is -0.495 e. The predicted molar refractivity (Wildman–Crippen MR) is 87.0 cm³/mol. The zero-order valence-electron chi connectivity index (χ0n) is 12.2. The highest BCUT2D eigenvalue weighted by Crippen LogP contribution is 2.28. The number of para-hydroxylation sites is 2. The van der Waals surface area contributed by atoms with Crippen molar-refractivity contribution < 1.29 is 4.74 Å². The number of thiazole rings is 1. The molecule has 1 fully saturated rings. The predicted octanol–water partition coefficient (Wildman–Crippen LogP) is 2.06. The van der Waals surface area contributed by atoms with Crippen LogP contribution in [0, 0.1) is 0 Å². The van der Waals surface area contributed by atoms with Crippen LogP contribution in [-0.2, 0) is 6.54 Å². The van der Waals surface area contributed by atoms with E-state index in [1.165, 1.54) is 10.6 Å². The van der Waals surface area contributed by atoms with Gasteiger partial charge < -0.3 is 15.4 Å². The fourth-order valence-corrected chi connectivity index (χ4v) is 3.38. The van der Waals surface area contributed by atoms with E-state index in [-0.39, 0.29) is 0 Å². The number of hydrogen-bond donors (Lipinski definition) is 1. The number of methoxy groups -OCH3 is 1. The summed E-state index contributed by atoms with van der Waals surface area (Å²) >= 11 is 1.58. The van der Waals surface area contributed by atoms with E-state index in [4.69, 9.17) is 10.5 Å². The van der Waals surface area contributed by atoms with Crippen molar-refractivity contribution in [2.75, 3.05) is 43.9 Å². The highest BCUT2D eigenvalue weighted by atomic mass is 32.1. The summed E-state index contributed by atoms with van der Waals surface area (Å²) in [5.74, 6) is 0.946. The van der Waals surface area contributed by atoms with Crippen LogP contribution in [0.1, 0.15) is 4.88 Å². The van der Waals surface area contributed by atoms with E-state index >= 15 is 0 Å². The summed E-state index contributed by atoms with van der Waals surface area (Å²) < 4.78 is 5.45. The maximum absolute atomic E-state index is 5.68. The van der Waals surface area contributed by atoms with E-state index in [0.29, 0.717) is 5.13 Å². The Morgan fingerprint density at radius 1 is 1.24 bits per heavy atom. The fraction of sp³-hybridized carbons (Fsp3) is 0.400. The Bertz CT molecular complexity index is 593. The second-order valence-corrected chi connectivity index (χ2v) is 6.25. The molecule has 5 nitrogen and oxygen atoms in total. The molecular formula is C15H20N4OS. The van der Waals surface area contributed by atoms with Gasteiger partial charge in [-0.1, -0.05) is 12.1 Å². The number of nitrogens with two attached hydrogens (primary N) is 1. The van der Waals surface area contributed by atoms with E-state index in [2.05, 4.69) is 26.9 Å². The van der Waals surface area contributed by atoms with Gasteiger partial charge in [-0.3, -0.25) is 4.90 Å². The fourth-order valence-electron chi connectivity index (χ4n) is 2.65. The van der Waals surface area contributed by atoms with Gasteiger partial charge in [-0.05, 0) is 12.1 Å². The lowest BCUT2D eigenvalue weighted by atomic mass is 10.2. The summed E-state index contributed by atoms with van der Waals surface area (Å²) in [5, 5.41) is 0.651. The van der Waals surface area contributed by atoms with E-state index in [1.54, 1.807) is 18.4 Å². The lowest BCUT2D eigenvalue weighted by Crippen LogP contribution is -2.45. The van der Waals surface area contributed by atoms with Crippen molar-refractivity contribution in [3.8, 4) is 5.75 Å². The molecule has 0 spiro atoms. The Morgan fingerprint density at radius 3 is 2.67 bits per heavy atom. The van der Waals surface area contributed by atoms with Crippen molar-refractivity contribution in [2.24, 2.45) is 0 Å². The molecule has 1 aliphatic heterocycles. The molecule has 1 aromatic heterocycles. The molecule has 1 aromatic carbocycles. The molecule has 21 heavy (non-hydrogen) atoms. The Labute approximate surface area is 129 Å². The van der Waals surface area contributed by atoms with Crippen LogP contribution >= 0.6 is 11.3 Å². The summed E-state index contributed by atoms with van der Waals surface area (Å²) in [4.78, 5) is 10.2. The standard InChI is InChI=1S/C15H20N4OS/c1-20-14-5-3-2-4-13(14)19-8-6-18(7-9-19)11-12-10-17-15(16)21-12/h2-5,10H,6-9,11H2,1H3,(H2,16,17). The monoisotopic (exact) mass is 304 g/mol. The number of piperazine rings is 1. The van der Waals surface area contributed by atoms with E-state index in [0.717, 1.165) is 38.5 Å². The molecule has 0 bridgehead atoms. The first-order chi connectivity index (χ1) is 10.3. The van der Waals surface area contributed by atoms with Crippen LogP contribution in [0.3, 0.4) is 0 Å². The molecule has 0 amide bonds. The van der Waals surface area contributed by atoms with E-state index < -0.39 is 0 Å². The van der Waals surface area contributed by atoms with Crippen molar-refractivity contribution in [2.45, 2.75) is 6.54 Å². The third-order valence-corrected chi connectivity index (χ3v) is 4.56. The average Bonchev–Trinajstić information content (AvgIpc) is 2.93. The largest absolute Gasteiger partial charge is 0.495 e. The van der Waals surface area contributed by atoms with Gasteiger partial charge in [0.2, 0.25) is 0 Å². The number of rotatable bonds is 4. The maximum Gasteiger partial charge on any atom is 0.180 e. The van der Waals surface area contributed by atoms with Crippen LogP contribution in [0.25, 0.3) is 0 Å². The van der Waals surface area contributed by atoms with Gasteiger partial charge in [0, 0.05) is 43.8 Å². The van der Waals surface area contributed by atoms with E-state index in [9.17, 15) is 0 Å². The van der Waals surface area contributed by atoms with Gasteiger partial charge in [-0.2, -0.15) is 0 Å². The first-order valence-electron chi connectivity index (χ1n) is 7.07. The maximum atomic E-state index is 5.68. The number of hydrogen-bond acceptors (Lipinski definition) is 6. The summed E-state index contributed by atoms with van der Waals surface area (Å²) in [7, 11) is 1.73. The molecule has 1 aliphatic rings. The van der Waals surface area contributed by atoms with Crippen molar-refractivity contribution in [3.63, 3.8) is 0 Å². The molecule has 3 rings (SSSR count). The minimum absolute atomic E-state index is 0.651. The molecule has 2 heterocycles. The van der Waals surface area contributed by atoms with Crippen LogP contribution < -0.4 is 15.4 Å². The second-order valence-electron chi connectivity index (χ2n) is 5.10. The normalized spacial score (nSPS) is 16.1. The van der Waals surface area contributed by atoms with Gasteiger partial charge in [0.15, 0.2) is 5.13 Å².